The number of hydrogen-bond acceptors (Lipinski definition) is 4. The highest BCUT2D eigenvalue weighted by Crippen LogP contribution is 2.09. The molecule has 1 N–H and O–H groups in total. The standard InChI is InChI=1S/C11H14N4O2/c1-8-10(7-16)9(2)15(14-8)6-11(17)13-5-3-4-12/h7H,3,5-6H2,1-2H3,(H,13,17). The number of carbonyl (C=O) groups is 2. The molecule has 17 heavy (non-hydrogen) atoms. The number of nitriles is 1. The maximum Gasteiger partial charge on any atom is 0.241 e. The first kappa shape index (κ1) is 12.9. The van der Waals surface area contributed by atoms with E-state index in [2.05, 4.69) is 10.4 Å². The lowest BCUT2D eigenvalue weighted by Crippen LogP contribution is -2.29. The topological polar surface area (TPSA) is 87.8 Å². The first-order valence-corrected chi connectivity index (χ1v) is 5.23. The van der Waals surface area contributed by atoms with Crippen molar-refractivity contribution in [1.82, 2.24) is 15.1 Å². The van der Waals surface area contributed by atoms with Gasteiger partial charge in [0.25, 0.3) is 0 Å². The van der Waals surface area contributed by atoms with E-state index in [1.807, 2.05) is 6.07 Å². The molecule has 1 rings (SSSR count). The van der Waals surface area contributed by atoms with Gasteiger partial charge < -0.3 is 5.32 Å². The molecule has 0 unspecified atom stereocenters. The fourth-order valence-electron chi connectivity index (χ4n) is 1.49. The third kappa shape index (κ3) is 3.14. The van der Waals surface area contributed by atoms with E-state index in [0.717, 1.165) is 6.29 Å². The lowest BCUT2D eigenvalue weighted by atomic mass is 10.2. The number of carbonyl (C=O) groups excluding carboxylic acids is 2. The van der Waals surface area contributed by atoms with Gasteiger partial charge >= 0.3 is 0 Å². The molecule has 0 aliphatic carbocycles. The molecule has 90 valence electrons. The molecule has 0 aromatic carbocycles. The van der Waals surface area contributed by atoms with E-state index < -0.39 is 0 Å². The van der Waals surface area contributed by atoms with Gasteiger partial charge in [0.2, 0.25) is 5.91 Å². The minimum absolute atomic E-state index is 0.0615. The molecule has 0 saturated carbocycles. The van der Waals surface area contributed by atoms with Crippen LogP contribution in [0.15, 0.2) is 0 Å². The van der Waals surface area contributed by atoms with E-state index in [0.29, 0.717) is 23.5 Å². The Bertz CT molecular complexity index is 471. The fourth-order valence-corrected chi connectivity index (χ4v) is 1.49. The van der Waals surface area contributed by atoms with Crippen molar-refractivity contribution in [2.45, 2.75) is 26.8 Å². The van der Waals surface area contributed by atoms with Crippen LogP contribution < -0.4 is 5.32 Å². The molecule has 1 aromatic rings. The lowest BCUT2D eigenvalue weighted by molar-refractivity contribution is -0.121. The second kappa shape index (κ2) is 5.80. The van der Waals surface area contributed by atoms with E-state index in [9.17, 15) is 9.59 Å². The molecule has 0 fully saturated rings. The van der Waals surface area contributed by atoms with Crippen molar-refractivity contribution in [3.8, 4) is 6.07 Å². The molecule has 0 saturated heterocycles. The molecule has 0 bridgehead atoms. The Morgan fingerprint density at radius 2 is 2.29 bits per heavy atom. The zero-order chi connectivity index (χ0) is 12.8. The predicted octanol–water partition coefficient (Wildman–Crippen LogP) is 0.342. The number of hydrogen-bond donors (Lipinski definition) is 1. The molecule has 1 heterocycles. The summed E-state index contributed by atoms with van der Waals surface area (Å²) in [4.78, 5) is 22.2. The quantitative estimate of drug-likeness (QED) is 0.588. The van der Waals surface area contributed by atoms with E-state index in [1.54, 1.807) is 13.8 Å². The number of nitrogens with zero attached hydrogens (tertiary/aromatic N) is 3. The molecule has 0 aliphatic rings. The van der Waals surface area contributed by atoms with Crippen molar-refractivity contribution in [3.05, 3.63) is 17.0 Å². The Labute approximate surface area is 99.2 Å². The summed E-state index contributed by atoms with van der Waals surface area (Å²) in [6.07, 6.45) is 1.02. The Kier molecular flexibility index (Phi) is 4.40. The smallest absolute Gasteiger partial charge is 0.241 e. The number of amides is 1. The minimum Gasteiger partial charge on any atom is -0.353 e. The Morgan fingerprint density at radius 3 is 2.82 bits per heavy atom. The van der Waals surface area contributed by atoms with Gasteiger partial charge in [-0.1, -0.05) is 0 Å². The predicted molar refractivity (Wildman–Crippen MR) is 60.3 cm³/mol. The first-order chi connectivity index (χ1) is 8.10. The van der Waals surface area contributed by atoms with Crippen molar-refractivity contribution < 1.29 is 9.59 Å². The Balaban J connectivity index is 2.66. The molecule has 1 amide bonds. The van der Waals surface area contributed by atoms with Crippen LogP contribution in [0.25, 0.3) is 0 Å². The highest BCUT2D eigenvalue weighted by atomic mass is 16.2. The zero-order valence-electron chi connectivity index (χ0n) is 9.86. The summed E-state index contributed by atoms with van der Waals surface area (Å²) < 4.78 is 1.49. The number of nitrogens with one attached hydrogen (secondary N) is 1. The molecule has 0 radical (unpaired) electrons. The highest BCUT2D eigenvalue weighted by molar-refractivity contribution is 5.79. The van der Waals surface area contributed by atoms with Crippen molar-refractivity contribution in [2.24, 2.45) is 0 Å². The summed E-state index contributed by atoms with van der Waals surface area (Å²) >= 11 is 0. The number of aldehydes is 1. The van der Waals surface area contributed by atoms with Crippen LogP contribution in [0.4, 0.5) is 0 Å². The van der Waals surface area contributed by atoms with E-state index in [1.165, 1.54) is 4.68 Å². The fraction of sp³-hybridized carbons (Fsp3) is 0.455. The van der Waals surface area contributed by atoms with Gasteiger partial charge in [-0.2, -0.15) is 10.4 Å². The molecular weight excluding hydrogens is 220 g/mol. The molecular formula is C11H14N4O2. The Morgan fingerprint density at radius 1 is 1.59 bits per heavy atom. The van der Waals surface area contributed by atoms with Gasteiger partial charge in [-0.3, -0.25) is 14.3 Å². The summed E-state index contributed by atoms with van der Waals surface area (Å²) in [6, 6.07) is 1.94. The summed E-state index contributed by atoms with van der Waals surface area (Å²) in [5.74, 6) is -0.219. The molecule has 0 aliphatic heterocycles. The second-order valence-corrected chi connectivity index (χ2v) is 3.62. The van der Waals surface area contributed by atoms with Crippen LogP contribution in [0.5, 0.6) is 0 Å². The zero-order valence-corrected chi connectivity index (χ0v) is 9.86. The van der Waals surface area contributed by atoms with Crippen molar-refractivity contribution in [3.63, 3.8) is 0 Å². The summed E-state index contributed by atoms with van der Waals surface area (Å²) in [5.41, 5.74) is 1.81. The van der Waals surface area contributed by atoms with Gasteiger partial charge in [-0.15, -0.1) is 0 Å². The van der Waals surface area contributed by atoms with Crippen LogP contribution in [-0.4, -0.2) is 28.5 Å². The average molecular weight is 234 g/mol. The first-order valence-electron chi connectivity index (χ1n) is 5.23. The minimum atomic E-state index is -0.219. The van der Waals surface area contributed by atoms with Gasteiger partial charge in [0.15, 0.2) is 6.29 Å². The van der Waals surface area contributed by atoms with Crippen molar-refractivity contribution in [1.29, 1.82) is 5.26 Å². The Hall–Kier alpha value is -2.16. The van der Waals surface area contributed by atoms with Gasteiger partial charge in [-0.25, -0.2) is 0 Å². The SMILES string of the molecule is Cc1nn(CC(=O)NCCC#N)c(C)c1C=O. The van der Waals surface area contributed by atoms with Crippen LogP contribution in [0.1, 0.15) is 28.2 Å². The van der Waals surface area contributed by atoms with E-state index >= 15 is 0 Å². The molecule has 6 nitrogen and oxygen atoms in total. The highest BCUT2D eigenvalue weighted by Gasteiger charge is 2.12. The maximum absolute atomic E-state index is 11.5. The van der Waals surface area contributed by atoms with Gasteiger partial charge in [-0.05, 0) is 13.8 Å². The maximum atomic E-state index is 11.5. The van der Waals surface area contributed by atoms with Crippen LogP contribution in [-0.2, 0) is 11.3 Å². The van der Waals surface area contributed by atoms with Gasteiger partial charge in [0.1, 0.15) is 6.54 Å². The number of aromatic nitrogens is 2. The molecule has 1 aromatic heterocycles. The number of aryl methyl sites for hydroxylation is 1. The van der Waals surface area contributed by atoms with Crippen LogP contribution >= 0.6 is 0 Å². The third-order valence-electron chi connectivity index (χ3n) is 2.41. The average Bonchev–Trinajstić information content (AvgIpc) is 2.54. The summed E-state index contributed by atoms with van der Waals surface area (Å²) in [6.45, 7) is 3.86. The molecule has 6 heteroatoms. The van der Waals surface area contributed by atoms with Gasteiger partial charge in [0, 0.05) is 12.2 Å². The van der Waals surface area contributed by atoms with Crippen molar-refractivity contribution >= 4 is 12.2 Å². The third-order valence-corrected chi connectivity index (χ3v) is 2.41. The normalized spacial score (nSPS) is 9.71. The van der Waals surface area contributed by atoms with E-state index in [4.69, 9.17) is 5.26 Å². The lowest BCUT2D eigenvalue weighted by Gasteiger charge is -2.04. The second-order valence-electron chi connectivity index (χ2n) is 3.62. The summed E-state index contributed by atoms with van der Waals surface area (Å²) in [5, 5.41) is 15.0. The van der Waals surface area contributed by atoms with Crippen LogP contribution in [0, 0.1) is 25.2 Å². The van der Waals surface area contributed by atoms with Crippen molar-refractivity contribution in [2.75, 3.05) is 6.54 Å². The molecule has 0 atom stereocenters. The number of rotatable bonds is 5. The molecule has 0 spiro atoms. The van der Waals surface area contributed by atoms with Crippen LogP contribution in [0.2, 0.25) is 0 Å². The summed E-state index contributed by atoms with van der Waals surface area (Å²) in [7, 11) is 0. The van der Waals surface area contributed by atoms with Gasteiger partial charge in [0.05, 0.1) is 23.7 Å². The van der Waals surface area contributed by atoms with Crippen LogP contribution in [0.3, 0.4) is 0 Å². The monoisotopic (exact) mass is 234 g/mol. The largest absolute Gasteiger partial charge is 0.353 e. The van der Waals surface area contributed by atoms with E-state index in [-0.39, 0.29) is 18.9 Å².